The maximum absolute atomic E-state index is 13.3. The number of ketones is 1. The molecule has 1 aliphatic rings. The Morgan fingerprint density at radius 2 is 1.67 bits per heavy atom. The summed E-state index contributed by atoms with van der Waals surface area (Å²) in [6, 6.07) is 14.8. The molecule has 0 aromatic heterocycles. The molecule has 0 radical (unpaired) electrons. The van der Waals surface area contributed by atoms with Crippen molar-refractivity contribution in [1.82, 2.24) is 0 Å². The van der Waals surface area contributed by atoms with Crippen LogP contribution in [0.5, 0.6) is 17.2 Å². The van der Waals surface area contributed by atoms with E-state index in [1.54, 1.807) is 49.4 Å². The Morgan fingerprint density at radius 1 is 0.972 bits per heavy atom. The lowest BCUT2D eigenvalue weighted by molar-refractivity contribution is -0.132. The number of hydrogen-bond donors (Lipinski definition) is 3. The van der Waals surface area contributed by atoms with Crippen molar-refractivity contribution in [2.45, 2.75) is 33.7 Å². The number of nitrogens with zero attached hydrogens (tertiary/aromatic N) is 1. The van der Waals surface area contributed by atoms with Gasteiger partial charge in [-0.15, -0.1) is 0 Å². The molecular formula is C29H29NO6. The summed E-state index contributed by atoms with van der Waals surface area (Å²) in [5.74, 6) is -1.22. The molecule has 0 aliphatic carbocycles. The fraction of sp³-hybridized carbons (Fsp3) is 0.241. The van der Waals surface area contributed by atoms with E-state index in [1.165, 1.54) is 23.1 Å². The Kier molecular flexibility index (Phi) is 6.75. The summed E-state index contributed by atoms with van der Waals surface area (Å²) in [6.45, 7) is 8.28. The van der Waals surface area contributed by atoms with Crippen molar-refractivity contribution >= 4 is 23.1 Å². The smallest absolute Gasteiger partial charge is 0.300 e. The van der Waals surface area contributed by atoms with E-state index < -0.39 is 17.7 Å². The SMILES string of the molecule is Cc1ccc(O)c(N2C(=O)C(=O)/C(=C(\O)c3ccc(OCC(C)C)c(C)c3)C2c2ccc(O)cc2)c1. The number of Topliss-reactive ketones (excluding diaryl/α,β-unsaturated/α-hetero) is 1. The molecule has 1 amide bonds. The standard InChI is InChI=1S/C29H29NO6/c1-16(2)15-36-24-12-8-20(14-18(24)4)27(33)25-26(19-6-9-21(31)10-7-19)30(29(35)28(25)34)22-13-17(3)5-11-23(22)32/h5-14,16,26,31-33H,15H2,1-4H3/b27-25-. The molecule has 4 rings (SSSR count). The number of phenolic OH excluding ortho intramolecular Hbond substituents is 2. The average molecular weight is 488 g/mol. The van der Waals surface area contributed by atoms with Crippen molar-refractivity contribution in [3.05, 3.63) is 88.5 Å². The van der Waals surface area contributed by atoms with Crippen molar-refractivity contribution < 1.29 is 29.6 Å². The fourth-order valence-corrected chi connectivity index (χ4v) is 4.25. The zero-order valence-corrected chi connectivity index (χ0v) is 20.6. The monoisotopic (exact) mass is 487 g/mol. The highest BCUT2D eigenvalue weighted by Gasteiger charge is 2.47. The number of amides is 1. The van der Waals surface area contributed by atoms with Crippen molar-refractivity contribution in [2.75, 3.05) is 11.5 Å². The second kappa shape index (κ2) is 9.77. The van der Waals surface area contributed by atoms with E-state index in [0.29, 0.717) is 29.4 Å². The largest absolute Gasteiger partial charge is 0.508 e. The highest BCUT2D eigenvalue weighted by atomic mass is 16.5. The molecule has 7 heteroatoms. The Labute approximate surface area is 209 Å². The van der Waals surface area contributed by atoms with Crippen molar-refractivity contribution in [3.63, 3.8) is 0 Å². The molecule has 0 spiro atoms. The summed E-state index contributed by atoms with van der Waals surface area (Å²) >= 11 is 0. The molecule has 1 heterocycles. The third-order valence-corrected chi connectivity index (χ3v) is 6.06. The van der Waals surface area contributed by atoms with Gasteiger partial charge in [-0.3, -0.25) is 14.5 Å². The van der Waals surface area contributed by atoms with E-state index in [1.807, 2.05) is 20.8 Å². The summed E-state index contributed by atoms with van der Waals surface area (Å²) in [7, 11) is 0. The van der Waals surface area contributed by atoms with Crippen molar-refractivity contribution in [3.8, 4) is 17.2 Å². The van der Waals surface area contributed by atoms with Gasteiger partial charge in [-0.2, -0.15) is 0 Å². The molecule has 7 nitrogen and oxygen atoms in total. The molecule has 1 unspecified atom stereocenters. The predicted molar refractivity (Wildman–Crippen MR) is 137 cm³/mol. The van der Waals surface area contributed by atoms with Crippen LogP contribution in [0, 0.1) is 19.8 Å². The number of aliphatic hydroxyl groups is 1. The van der Waals surface area contributed by atoms with E-state index in [0.717, 1.165) is 11.1 Å². The minimum absolute atomic E-state index is 0.0155. The van der Waals surface area contributed by atoms with Gasteiger partial charge in [0.25, 0.3) is 11.7 Å². The Balaban J connectivity index is 1.88. The zero-order valence-electron chi connectivity index (χ0n) is 20.6. The molecule has 1 aliphatic heterocycles. The van der Waals surface area contributed by atoms with Gasteiger partial charge in [-0.25, -0.2) is 0 Å². The number of carbonyl (C=O) groups excluding carboxylic acids is 2. The average Bonchev–Trinajstić information content (AvgIpc) is 3.10. The van der Waals surface area contributed by atoms with Crippen LogP contribution in [-0.4, -0.2) is 33.6 Å². The molecule has 3 aromatic carbocycles. The molecule has 1 fully saturated rings. The topological polar surface area (TPSA) is 107 Å². The maximum atomic E-state index is 13.3. The second-order valence-corrected chi connectivity index (χ2v) is 9.44. The fourth-order valence-electron chi connectivity index (χ4n) is 4.25. The molecule has 186 valence electrons. The first-order valence-electron chi connectivity index (χ1n) is 11.7. The maximum Gasteiger partial charge on any atom is 0.300 e. The van der Waals surface area contributed by atoms with Gasteiger partial charge in [-0.1, -0.05) is 32.0 Å². The molecule has 0 bridgehead atoms. The van der Waals surface area contributed by atoms with Crippen molar-refractivity contribution in [1.29, 1.82) is 0 Å². The Bertz CT molecular complexity index is 1360. The van der Waals surface area contributed by atoms with Gasteiger partial charge in [0.15, 0.2) is 0 Å². The lowest BCUT2D eigenvalue weighted by Crippen LogP contribution is -2.29. The minimum atomic E-state index is -1.02. The van der Waals surface area contributed by atoms with Gasteiger partial charge in [0.2, 0.25) is 0 Å². The van der Waals surface area contributed by atoms with Gasteiger partial charge in [0.05, 0.1) is 23.9 Å². The van der Waals surface area contributed by atoms with E-state index in [-0.39, 0.29) is 28.5 Å². The molecule has 1 saturated heterocycles. The van der Waals surface area contributed by atoms with E-state index in [2.05, 4.69) is 0 Å². The van der Waals surface area contributed by atoms with Crippen molar-refractivity contribution in [2.24, 2.45) is 5.92 Å². The summed E-state index contributed by atoms with van der Waals surface area (Å²) in [4.78, 5) is 27.8. The molecule has 1 atom stereocenters. The van der Waals surface area contributed by atoms with E-state index in [4.69, 9.17) is 4.74 Å². The number of benzene rings is 3. The van der Waals surface area contributed by atoms with Crippen LogP contribution in [0.25, 0.3) is 5.76 Å². The molecule has 36 heavy (non-hydrogen) atoms. The van der Waals surface area contributed by atoms with Crippen LogP contribution in [-0.2, 0) is 9.59 Å². The third kappa shape index (κ3) is 4.64. The number of aromatic hydroxyl groups is 2. The second-order valence-electron chi connectivity index (χ2n) is 9.44. The molecule has 3 aromatic rings. The number of hydrogen-bond acceptors (Lipinski definition) is 6. The first kappa shape index (κ1) is 24.9. The normalized spacial score (nSPS) is 17.1. The highest BCUT2D eigenvalue weighted by Crippen LogP contribution is 2.45. The Morgan fingerprint density at radius 3 is 2.31 bits per heavy atom. The first-order chi connectivity index (χ1) is 17.1. The van der Waals surface area contributed by atoms with Gasteiger partial charge in [-0.05, 0) is 78.9 Å². The van der Waals surface area contributed by atoms with Gasteiger partial charge >= 0.3 is 0 Å². The van der Waals surface area contributed by atoms with Gasteiger partial charge in [0.1, 0.15) is 23.0 Å². The highest BCUT2D eigenvalue weighted by molar-refractivity contribution is 6.52. The number of carbonyl (C=O) groups is 2. The number of aryl methyl sites for hydroxylation is 2. The van der Waals surface area contributed by atoms with Crippen LogP contribution in [0.1, 0.15) is 42.1 Å². The van der Waals surface area contributed by atoms with Gasteiger partial charge in [0, 0.05) is 5.56 Å². The lowest BCUT2D eigenvalue weighted by Gasteiger charge is -2.26. The predicted octanol–water partition coefficient (Wildman–Crippen LogP) is 5.38. The van der Waals surface area contributed by atoms with E-state index in [9.17, 15) is 24.9 Å². The molecule has 0 saturated carbocycles. The number of anilines is 1. The van der Waals surface area contributed by atoms with Crippen LogP contribution in [0.15, 0.2) is 66.2 Å². The van der Waals surface area contributed by atoms with Crippen LogP contribution in [0.3, 0.4) is 0 Å². The molecule has 3 N–H and O–H groups in total. The first-order valence-corrected chi connectivity index (χ1v) is 11.7. The van der Waals surface area contributed by atoms with Crippen LogP contribution >= 0.6 is 0 Å². The summed E-state index contributed by atoms with van der Waals surface area (Å²) in [6.07, 6.45) is 0. The van der Waals surface area contributed by atoms with E-state index >= 15 is 0 Å². The third-order valence-electron chi connectivity index (χ3n) is 6.06. The number of rotatable bonds is 6. The zero-order chi connectivity index (χ0) is 26.1. The van der Waals surface area contributed by atoms with Crippen LogP contribution in [0.2, 0.25) is 0 Å². The quantitative estimate of drug-likeness (QED) is 0.245. The summed E-state index contributed by atoms with van der Waals surface area (Å²) < 4.78 is 5.82. The molecular weight excluding hydrogens is 458 g/mol. The van der Waals surface area contributed by atoms with Crippen LogP contribution < -0.4 is 9.64 Å². The summed E-state index contributed by atoms with van der Waals surface area (Å²) in [5.41, 5.74) is 2.44. The lowest BCUT2D eigenvalue weighted by atomic mass is 9.94. The Hall–Kier alpha value is -4.26. The van der Waals surface area contributed by atoms with Gasteiger partial charge < -0.3 is 20.1 Å². The number of ether oxygens (including phenoxy) is 1. The number of phenols is 2. The summed E-state index contributed by atoms with van der Waals surface area (Å²) in [5, 5.41) is 31.7. The van der Waals surface area contributed by atoms with Crippen LogP contribution in [0.4, 0.5) is 5.69 Å². The number of aliphatic hydroxyl groups excluding tert-OH is 1. The minimum Gasteiger partial charge on any atom is -0.508 e.